The van der Waals surface area contributed by atoms with Crippen LogP contribution in [0.1, 0.15) is 41.4 Å². The number of hydrogen-bond donors (Lipinski definition) is 1. The third-order valence-corrected chi connectivity index (χ3v) is 4.79. The van der Waals surface area contributed by atoms with E-state index in [1.54, 1.807) is 21.8 Å². The molecule has 8 heteroatoms. The Labute approximate surface area is 149 Å². The van der Waals surface area contributed by atoms with Gasteiger partial charge in [0.2, 0.25) is 0 Å². The van der Waals surface area contributed by atoms with Crippen LogP contribution in [0.2, 0.25) is 0 Å². The molecule has 1 N–H and O–H groups in total. The first-order valence-electron chi connectivity index (χ1n) is 8.46. The molecule has 140 valence electrons. The van der Waals surface area contributed by atoms with Gasteiger partial charge in [0.25, 0.3) is 5.91 Å². The minimum atomic E-state index is -4.46. The van der Waals surface area contributed by atoms with Crippen LogP contribution in [-0.4, -0.2) is 38.8 Å². The van der Waals surface area contributed by atoms with Gasteiger partial charge >= 0.3 is 6.18 Å². The van der Waals surface area contributed by atoms with E-state index in [0.29, 0.717) is 12.2 Å². The Balaban J connectivity index is 1.72. The largest absolute Gasteiger partial charge is 0.416 e. The molecule has 1 fully saturated rings. The fourth-order valence-electron chi connectivity index (χ4n) is 3.17. The monoisotopic (exact) mass is 367 g/mol. The minimum absolute atomic E-state index is 0.175. The van der Waals surface area contributed by atoms with E-state index >= 15 is 0 Å². The molecule has 1 amide bonds. The lowest BCUT2D eigenvalue weighted by Gasteiger charge is -2.38. The van der Waals surface area contributed by atoms with E-state index in [9.17, 15) is 23.1 Å². The molecule has 0 saturated carbocycles. The number of likely N-dealkylation sites (tertiary alicyclic amines) is 1. The fraction of sp³-hybridized carbons (Fsp3) is 0.444. The average Bonchev–Trinajstić information content (AvgIpc) is 3.10. The van der Waals surface area contributed by atoms with E-state index < -0.39 is 17.3 Å². The van der Waals surface area contributed by atoms with Gasteiger partial charge in [-0.3, -0.25) is 9.48 Å². The third kappa shape index (κ3) is 3.60. The van der Waals surface area contributed by atoms with E-state index in [0.717, 1.165) is 12.1 Å². The van der Waals surface area contributed by atoms with Crippen molar-refractivity contribution in [2.45, 2.75) is 38.1 Å². The number of aromatic nitrogens is 2. The lowest BCUT2D eigenvalue weighted by Crippen LogP contribution is -2.45. The van der Waals surface area contributed by atoms with Crippen molar-refractivity contribution >= 4 is 5.91 Å². The smallest absolute Gasteiger partial charge is 0.385 e. The number of aliphatic hydroxyl groups is 1. The Morgan fingerprint density at radius 3 is 2.54 bits per heavy atom. The summed E-state index contributed by atoms with van der Waals surface area (Å²) in [5.41, 5.74) is -1.60. The summed E-state index contributed by atoms with van der Waals surface area (Å²) in [6.07, 6.45) is -2.39. The Morgan fingerprint density at radius 1 is 1.27 bits per heavy atom. The highest BCUT2D eigenvalue weighted by molar-refractivity contribution is 5.92. The van der Waals surface area contributed by atoms with Crippen LogP contribution >= 0.6 is 0 Å². The van der Waals surface area contributed by atoms with E-state index in [2.05, 4.69) is 5.10 Å². The van der Waals surface area contributed by atoms with Crippen molar-refractivity contribution in [3.8, 4) is 0 Å². The van der Waals surface area contributed by atoms with E-state index in [1.165, 1.54) is 12.1 Å². The molecule has 2 heterocycles. The van der Waals surface area contributed by atoms with Gasteiger partial charge < -0.3 is 10.0 Å². The molecule has 1 saturated heterocycles. The first-order chi connectivity index (χ1) is 12.2. The molecule has 3 rings (SSSR count). The molecule has 0 unspecified atom stereocenters. The van der Waals surface area contributed by atoms with Gasteiger partial charge in [-0.15, -0.1) is 0 Å². The maximum Gasteiger partial charge on any atom is 0.416 e. The predicted molar refractivity (Wildman–Crippen MR) is 88.4 cm³/mol. The van der Waals surface area contributed by atoms with Gasteiger partial charge in [-0.05, 0) is 43.5 Å². The maximum atomic E-state index is 12.9. The van der Waals surface area contributed by atoms with Crippen molar-refractivity contribution in [3.05, 3.63) is 53.3 Å². The van der Waals surface area contributed by atoms with Gasteiger partial charge in [0.1, 0.15) is 5.69 Å². The number of benzene rings is 1. The van der Waals surface area contributed by atoms with Crippen molar-refractivity contribution in [2.24, 2.45) is 0 Å². The summed E-state index contributed by atoms with van der Waals surface area (Å²) in [6.45, 7) is 3.08. The van der Waals surface area contributed by atoms with Crippen LogP contribution < -0.4 is 0 Å². The molecule has 0 radical (unpaired) electrons. The number of carbonyl (C=O) groups is 1. The summed E-state index contributed by atoms with van der Waals surface area (Å²) in [5.74, 6) is -0.233. The fourth-order valence-corrected chi connectivity index (χ4v) is 3.17. The number of alkyl halides is 3. The number of rotatable bonds is 3. The van der Waals surface area contributed by atoms with E-state index in [1.807, 2.05) is 6.92 Å². The molecule has 1 aliphatic heterocycles. The van der Waals surface area contributed by atoms with Crippen LogP contribution in [0.5, 0.6) is 0 Å². The lowest BCUT2D eigenvalue weighted by molar-refractivity contribution is -0.137. The lowest BCUT2D eigenvalue weighted by atomic mass is 9.83. The Bertz CT molecular complexity index is 793. The van der Waals surface area contributed by atoms with Crippen molar-refractivity contribution in [3.63, 3.8) is 0 Å². The van der Waals surface area contributed by atoms with Crippen LogP contribution in [0.25, 0.3) is 0 Å². The molecule has 1 aromatic carbocycles. The standard InChI is InChI=1S/C18H20F3N3O2/c1-2-24-9-6-15(22-24)16(25)23-10-7-17(26,8-11-23)13-4-3-5-14(12-13)18(19,20)21/h3-6,9,12,26H,2,7-8,10-11H2,1H3. The highest BCUT2D eigenvalue weighted by Crippen LogP contribution is 2.36. The maximum absolute atomic E-state index is 12.9. The van der Waals surface area contributed by atoms with Crippen LogP contribution in [-0.2, 0) is 18.3 Å². The van der Waals surface area contributed by atoms with Crippen molar-refractivity contribution in [1.29, 1.82) is 0 Å². The van der Waals surface area contributed by atoms with Crippen molar-refractivity contribution < 1.29 is 23.1 Å². The molecule has 0 atom stereocenters. The zero-order valence-corrected chi connectivity index (χ0v) is 14.3. The van der Waals surface area contributed by atoms with Gasteiger partial charge in [-0.25, -0.2) is 0 Å². The zero-order chi connectivity index (χ0) is 18.9. The Morgan fingerprint density at radius 2 is 1.96 bits per heavy atom. The molecule has 26 heavy (non-hydrogen) atoms. The average molecular weight is 367 g/mol. The number of carbonyl (C=O) groups excluding carboxylic acids is 1. The highest BCUT2D eigenvalue weighted by atomic mass is 19.4. The van der Waals surface area contributed by atoms with Crippen LogP contribution in [0, 0.1) is 0 Å². The SMILES string of the molecule is CCn1ccc(C(=O)N2CCC(O)(c3cccc(C(F)(F)F)c3)CC2)n1. The topological polar surface area (TPSA) is 58.4 Å². The molecule has 1 aromatic heterocycles. The zero-order valence-electron chi connectivity index (χ0n) is 14.3. The molecule has 0 bridgehead atoms. The second kappa shape index (κ2) is 6.75. The van der Waals surface area contributed by atoms with Crippen LogP contribution in [0.15, 0.2) is 36.5 Å². The summed E-state index contributed by atoms with van der Waals surface area (Å²) in [4.78, 5) is 14.1. The van der Waals surface area contributed by atoms with Gasteiger partial charge in [0, 0.05) is 25.8 Å². The molecule has 1 aliphatic rings. The van der Waals surface area contributed by atoms with E-state index in [4.69, 9.17) is 0 Å². The predicted octanol–water partition coefficient (Wildman–Crippen LogP) is 3.05. The molecular weight excluding hydrogens is 347 g/mol. The quantitative estimate of drug-likeness (QED) is 0.907. The molecule has 0 aliphatic carbocycles. The number of aryl methyl sites for hydroxylation is 1. The number of amides is 1. The number of piperidine rings is 1. The van der Waals surface area contributed by atoms with Crippen molar-refractivity contribution in [1.82, 2.24) is 14.7 Å². The third-order valence-electron chi connectivity index (χ3n) is 4.79. The second-order valence-electron chi connectivity index (χ2n) is 6.46. The molecular formula is C18H20F3N3O2. The summed E-state index contributed by atoms with van der Waals surface area (Å²) in [6, 6.07) is 6.40. The highest BCUT2D eigenvalue weighted by Gasteiger charge is 2.38. The number of halogens is 3. The van der Waals surface area contributed by atoms with Gasteiger partial charge in [-0.1, -0.05) is 12.1 Å². The molecule has 2 aromatic rings. The Hall–Kier alpha value is -2.35. The van der Waals surface area contributed by atoms with Gasteiger partial charge in [-0.2, -0.15) is 18.3 Å². The van der Waals surface area contributed by atoms with Crippen LogP contribution in [0.3, 0.4) is 0 Å². The molecule has 0 spiro atoms. The first-order valence-corrected chi connectivity index (χ1v) is 8.46. The van der Waals surface area contributed by atoms with Gasteiger partial charge in [0.05, 0.1) is 11.2 Å². The minimum Gasteiger partial charge on any atom is -0.385 e. The molecule has 5 nitrogen and oxygen atoms in total. The summed E-state index contributed by atoms with van der Waals surface area (Å²) >= 11 is 0. The number of hydrogen-bond acceptors (Lipinski definition) is 3. The van der Waals surface area contributed by atoms with Crippen molar-refractivity contribution in [2.75, 3.05) is 13.1 Å². The summed E-state index contributed by atoms with van der Waals surface area (Å²) in [7, 11) is 0. The summed E-state index contributed by atoms with van der Waals surface area (Å²) < 4.78 is 40.4. The normalized spacial score (nSPS) is 17.3. The number of nitrogens with zero attached hydrogens (tertiary/aromatic N) is 3. The summed E-state index contributed by atoms with van der Waals surface area (Å²) in [5, 5.41) is 15.0. The first kappa shape index (κ1) is 18.4. The van der Waals surface area contributed by atoms with E-state index in [-0.39, 0.29) is 37.4 Å². The Kier molecular flexibility index (Phi) is 4.79. The van der Waals surface area contributed by atoms with Crippen LogP contribution in [0.4, 0.5) is 13.2 Å². The van der Waals surface area contributed by atoms with Gasteiger partial charge in [0.15, 0.2) is 0 Å². The second-order valence-corrected chi connectivity index (χ2v) is 6.46.